The van der Waals surface area contributed by atoms with Gasteiger partial charge < -0.3 is 5.32 Å². The Labute approximate surface area is 150 Å². The van der Waals surface area contributed by atoms with Gasteiger partial charge in [-0.25, -0.2) is 0 Å². The highest BCUT2D eigenvalue weighted by molar-refractivity contribution is 7.99. The molecule has 0 unspecified atom stereocenters. The fourth-order valence-electron chi connectivity index (χ4n) is 3.38. The van der Waals surface area contributed by atoms with Gasteiger partial charge in [-0.2, -0.15) is 0 Å². The van der Waals surface area contributed by atoms with Crippen LogP contribution in [0.3, 0.4) is 0 Å². The molecule has 1 atom stereocenters. The predicted octanol–water partition coefficient (Wildman–Crippen LogP) is 3.47. The molecule has 0 aliphatic carbocycles. The summed E-state index contributed by atoms with van der Waals surface area (Å²) >= 11 is 1.81. The van der Waals surface area contributed by atoms with Gasteiger partial charge in [0.05, 0.1) is 6.04 Å². The van der Waals surface area contributed by atoms with Crippen molar-refractivity contribution in [1.29, 1.82) is 0 Å². The summed E-state index contributed by atoms with van der Waals surface area (Å²) in [6.07, 6.45) is 0.891. The van der Waals surface area contributed by atoms with E-state index in [4.69, 9.17) is 0 Å². The van der Waals surface area contributed by atoms with Crippen molar-refractivity contribution >= 4 is 29.3 Å². The lowest BCUT2D eigenvalue weighted by Gasteiger charge is -2.27. The molecule has 0 bridgehead atoms. The van der Waals surface area contributed by atoms with Crippen LogP contribution in [0.2, 0.25) is 0 Å². The van der Waals surface area contributed by atoms with Crippen molar-refractivity contribution < 1.29 is 9.59 Å². The summed E-state index contributed by atoms with van der Waals surface area (Å²) in [5.41, 5.74) is 3.16. The number of rotatable bonds is 3. The highest BCUT2D eigenvalue weighted by Crippen LogP contribution is 2.36. The van der Waals surface area contributed by atoms with E-state index < -0.39 is 0 Å². The molecular formula is C20H18N2O2S. The number of fused-ring (bicyclic) bond motifs is 2. The molecule has 4 nitrogen and oxygen atoms in total. The Morgan fingerprint density at radius 2 is 1.88 bits per heavy atom. The number of hydrogen-bond acceptors (Lipinski definition) is 3. The van der Waals surface area contributed by atoms with E-state index in [2.05, 4.69) is 24.0 Å². The third kappa shape index (κ3) is 2.85. The largest absolute Gasteiger partial charge is 0.348 e. The zero-order chi connectivity index (χ0) is 17.4. The molecule has 2 aromatic carbocycles. The highest BCUT2D eigenvalue weighted by Gasteiger charge is 2.32. The molecule has 126 valence electrons. The smallest absolute Gasteiger partial charge is 0.259 e. The number of thioether (sulfide) groups is 1. The third-order valence-electron chi connectivity index (χ3n) is 4.63. The average molecular weight is 350 g/mol. The van der Waals surface area contributed by atoms with Crippen LogP contribution in [-0.4, -0.2) is 29.0 Å². The number of amides is 2. The van der Waals surface area contributed by atoms with Crippen molar-refractivity contribution in [2.45, 2.75) is 17.4 Å². The van der Waals surface area contributed by atoms with E-state index in [1.54, 1.807) is 6.07 Å². The molecule has 1 N–H and O–H groups in total. The first-order chi connectivity index (χ1) is 12.1. The summed E-state index contributed by atoms with van der Waals surface area (Å²) in [5, 5.41) is 3.08. The van der Waals surface area contributed by atoms with Gasteiger partial charge in [0.1, 0.15) is 6.54 Å². The molecule has 2 heterocycles. The molecule has 25 heavy (non-hydrogen) atoms. The number of hydrogen-bond donors (Lipinski definition) is 1. The molecule has 2 aliphatic rings. The van der Waals surface area contributed by atoms with Crippen LogP contribution in [0.1, 0.15) is 33.9 Å². The lowest BCUT2D eigenvalue weighted by molar-refractivity contribution is -0.122. The Morgan fingerprint density at radius 1 is 1.16 bits per heavy atom. The number of carbonyl (C=O) groups excluding carboxylic acids is 2. The molecule has 2 aromatic rings. The fraction of sp³-hybridized carbons (Fsp3) is 0.200. The molecule has 5 heteroatoms. The minimum atomic E-state index is -0.158. The number of benzene rings is 2. The zero-order valence-corrected chi connectivity index (χ0v) is 14.5. The van der Waals surface area contributed by atoms with Crippen molar-refractivity contribution in [3.05, 3.63) is 71.8 Å². The van der Waals surface area contributed by atoms with Gasteiger partial charge >= 0.3 is 0 Å². The Kier molecular flexibility index (Phi) is 4.09. The van der Waals surface area contributed by atoms with Crippen LogP contribution < -0.4 is 5.32 Å². The Hall–Kier alpha value is -2.53. The molecule has 0 aromatic heterocycles. The summed E-state index contributed by atoms with van der Waals surface area (Å²) in [5.74, 6) is 0.660. The highest BCUT2D eigenvalue weighted by atomic mass is 32.2. The molecule has 0 saturated heterocycles. The maximum atomic E-state index is 12.6. The van der Waals surface area contributed by atoms with Crippen LogP contribution in [0.5, 0.6) is 0 Å². The van der Waals surface area contributed by atoms with Crippen LogP contribution in [0.25, 0.3) is 5.70 Å². The lowest BCUT2D eigenvalue weighted by atomic mass is 10.0. The number of carbonyl (C=O) groups is 2. The van der Waals surface area contributed by atoms with Gasteiger partial charge in [-0.3, -0.25) is 14.5 Å². The average Bonchev–Trinajstić information content (AvgIpc) is 2.87. The standard InChI is InChI=1S/C20H18N2O2S/c1-13-14-6-2-3-7-15(14)20(24)22(13)12-19(23)21-17-10-11-25-18-9-5-4-8-16(17)18/h2-9,17H,1,10-12H2,(H,21,23)/t17-/m1/s1. The van der Waals surface area contributed by atoms with E-state index in [9.17, 15) is 9.59 Å². The first-order valence-corrected chi connectivity index (χ1v) is 9.25. The lowest BCUT2D eigenvalue weighted by Crippen LogP contribution is -2.39. The maximum absolute atomic E-state index is 12.6. The second kappa shape index (κ2) is 6.41. The summed E-state index contributed by atoms with van der Waals surface area (Å²) in [4.78, 5) is 27.8. The van der Waals surface area contributed by atoms with Crippen molar-refractivity contribution in [3.8, 4) is 0 Å². The van der Waals surface area contributed by atoms with E-state index in [1.165, 1.54) is 9.80 Å². The molecule has 4 rings (SSSR count). The third-order valence-corrected chi connectivity index (χ3v) is 5.76. The van der Waals surface area contributed by atoms with Gasteiger partial charge in [-0.1, -0.05) is 43.0 Å². The van der Waals surface area contributed by atoms with E-state index >= 15 is 0 Å². The van der Waals surface area contributed by atoms with E-state index in [1.807, 2.05) is 42.1 Å². The first-order valence-electron chi connectivity index (χ1n) is 8.26. The summed E-state index contributed by atoms with van der Waals surface area (Å²) in [6, 6.07) is 15.5. The van der Waals surface area contributed by atoms with Crippen LogP contribution in [0.15, 0.2) is 60.0 Å². The van der Waals surface area contributed by atoms with Gasteiger partial charge in [0.2, 0.25) is 5.91 Å². The van der Waals surface area contributed by atoms with Crippen LogP contribution in [0.4, 0.5) is 0 Å². The van der Waals surface area contributed by atoms with Crippen molar-refractivity contribution in [2.75, 3.05) is 12.3 Å². The molecule has 2 aliphatic heterocycles. The molecule has 0 saturated carbocycles. The van der Waals surface area contributed by atoms with Crippen LogP contribution >= 0.6 is 11.8 Å². The molecular weight excluding hydrogens is 332 g/mol. The minimum absolute atomic E-state index is 0.00158. The van der Waals surface area contributed by atoms with Gasteiger partial charge in [-0.15, -0.1) is 11.8 Å². The molecule has 2 amide bonds. The summed E-state index contributed by atoms with van der Waals surface area (Å²) in [6.45, 7) is 3.98. The van der Waals surface area contributed by atoms with Gasteiger partial charge in [-0.05, 0) is 24.1 Å². The van der Waals surface area contributed by atoms with Crippen molar-refractivity contribution in [1.82, 2.24) is 10.2 Å². The first kappa shape index (κ1) is 16.0. The quantitative estimate of drug-likeness (QED) is 0.922. The Balaban J connectivity index is 1.48. The topological polar surface area (TPSA) is 49.4 Å². The normalized spacial score (nSPS) is 18.7. The molecule has 0 spiro atoms. The second-order valence-corrected chi connectivity index (χ2v) is 7.32. The SMILES string of the molecule is C=C1c2ccccc2C(=O)N1CC(=O)N[C@@H]1CCSc2ccccc21. The van der Waals surface area contributed by atoms with Gasteiger partial charge in [0, 0.05) is 27.5 Å². The number of nitrogens with one attached hydrogen (secondary N) is 1. The predicted molar refractivity (Wildman–Crippen MR) is 99.2 cm³/mol. The van der Waals surface area contributed by atoms with E-state index in [0.717, 1.165) is 23.3 Å². The molecule has 0 radical (unpaired) electrons. The van der Waals surface area contributed by atoms with Crippen LogP contribution in [0, 0.1) is 0 Å². The molecule has 0 fully saturated rings. The Morgan fingerprint density at radius 3 is 2.68 bits per heavy atom. The number of nitrogens with zero attached hydrogens (tertiary/aromatic N) is 1. The van der Waals surface area contributed by atoms with E-state index in [-0.39, 0.29) is 24.4 Å². The van der Waals surface area contributed by atoms with Crippen LogP contribution in [-0.2, 0) is 4.79 Å². The fourth-order valence-corrected chi connectivity index (χ4v) is 4.50. The van der Waals surface area contributed by atoms with Gasteiger partial charge in [0.15, 0.2) is 0 Å². The summed E-state index contributed by atoms with van der Waals surface area (Å²) in [7, 11) is 0. The monoisotopic (exact) mass is 350 g/mol. The Bertz CT molecular complexity index is 843. The summed E-state index contributed by atoms with van der Waals surface area (Å²) < 4.78 is 0. The maximum Gasteiger partial charge on any atom is 0.259 e. The van der Waals surface area contributed by atoms with E-state index in [0.29, 0.717) is 11.3 Å². The van der Waals surface area contributed by atoms with Gasteiger partial charge in [0.25, 0.3) is 5.91 Å². The van der Waals surface area contributed by atoms with Crippen molar-refractivity contribution in [3.63, 3.8) is 0 Å². The van der Waals surface area contributed by atoms with Crippen molar-refractivity contribution in [2.24, 2.45) is 0 Å². The second-order valence-electron chi connectivity index (χ2n) is 6.18. The zero-order valence-electron chi connectivity index (χ0n) is 13.7. The minimum Gasteiger partial charge on any atom is -0.348 e.